The van der Waals surface area contributed by atoms with Crippen molar-refractivity contribution in [2.45, 2.75) is 39.8 Å². The van der Waals surface area contributed by atoms with E-state index in [1.54, 1.807) is 48.8 Å². The smallest absolute Gasteiger partial charge is 0.338 e. The van der Waals surface area contributed by atoms with Crippen molar-refractivity contribution in [2.75, 3.05) is 13.2 Å². The maximum atomic E-state index is 14.1. The molecule has 1 aliphatic rings. The first-order valence-corrected chi connectivity index (χ1v) is 16.0. The predicted molar refractivity (Wildman–Crippen MR) is 179 cm³/mol. The number of esters is 1. The molecule has 2 heterocycles. The van der Waals surface area contributed by atoms with Crippen molar-refractivity contribution in [1.29, 1.82) is 0 Å². The average molecular weight is 664 g/mol. The molecule has 0 spiro atoms. The lowest BCUT2D eigenvalue weighted by molar-refractivity contribution is -0.139. The number of carbonyl (C=O) groups excluding carboxylic acids is 1. The highest BCUT2D eigenvalue weighted by Crippen LogP contribution is 2.35. The van der Waals surface area contributed by atoms with Gasteiger partial charge >= 0.3 is 5.97 Å². The Morgan fingerprint density at radius 3 is 2.36 bits per heavy atom. The molecular weight excluding hydrogens is 631 g/mol. The molecule has 0 aliphatic carbocycles. The summed E-state index contributed by atoms with van der Waals surface area (Å²) in [5.74, 6) is 0.657. The molecule has 7 nitrogen and oxygen atoms in total. The fourth-order valence-corrected chi connectivity index (χ4v) is 6.44. The summed E-state index contributed by atoms with van der Waals surface area (Å²) in [6, 6.07) is 17.6. The molecule has 4 aromatic rings. The lowest BCUT2D eigenvalue weighted by Gasteiger charge is -2.24. The first-order valence-electron chi connectivity index (χ1n) is 14.5. The highest BCUT2D eigenvalue weighted by Gasteiger charge is 2.33. The van der Waals surface area contributed by atoms with E-state index >= 15 is 0 Å². The number of aromatic nitrogens is 1. The van der Waals surface area contributed by atoms with Gasteiger partial charge in [0, 0.05) is 15.6 Å². The molecule has 0 bridgehead atoms. The maximum absolute atomic E-state index is 14.1. The molecule has 0 fully saturated rings. The number of hydrogen-bond donors (Lipinski definition) is 0. The van der Waals surface area contributed by atoms with Crippen LogP contribution < -0.4 is 24.4 Å². The van der Waals surface area contributed by atoms with Gasteiger partial charge < -0.3 is 14.2 Å². The normalized spacial score (nSPS) is 14.5. The van der Waals surface area contributed by atoms with Gasteiger partial charge in [0.1, 0.15) is 6.61 Å². The number of fused-ring (bicyclic) bond motifs is 1. The van der Waals surface area contributed by atoms with Crippen molar-refractivity contribution in [2.24, 2.45) is 4.99 Å². The van der Waals surface area contributed by atoms with Crippen LogP contribution in [-0.2, 0) is 22.6 Å². The van der Waals surface area contributed by atoms with Gasteiger partial charge in [0.2, 0.25) is 0 Å². The Kier molecular flexibility index (Phi) is 10.3. The van der Waals surface area contributed by atoms with Crippen LogP contribution in [0.5, 0.6) is 11.5 Å². The van der Waals surface area contributed by atoms with E-state index < -0.39 is 12.0 Å². The van der Waals surface area contributed by atoms with Crippen LogP contribution in [-0.4, -0.2) is 23.8 Å². The first kappa shape index (κ1) is 32.3. The van der Waals surface area contributed by atoms with Crippen LogP contribution in [0.4, 0.5) is 0 Å². The SMILES string of the molecule is C=CCc1cc(/C=c2/sc3n(c2=O)[C@H](c2ccc(Cl)cc2)C(C(=O)OCC)=C(C)N=3)cc(OCC)c1OCc1ccc(Cl)cc1. The van der Waals surface area contributed by atoms with E-state index in [4.69, 9.17) is 37.4 Å². The predicted octanol–water partition coefficient (Wildman–Crippen LogP) is 6.81. The number of hydrogen-bond acceptors (Lipinski definition) is 7. The van der Waals surface area contributed by atoms with Gasteiger partial charge in [0.05, 0.1) is 35.1 Å². The molecule has 0 N–H and O–H groups in total. The largest absolute Gasteiger partial charge is 0.490 e. The summed E-state index contributed by atoms with van der Waals surface area (Å²) < 4.78 is 19.7. The minimum Gasteiger partial charge on any atom is -0.490 e. The summed E-state index contributed by atoms with van der Waals surface area (Å²) in [5, 5.41) is 1.20. The minimum absolute atomic E-state index is 0.196. The molecule has 0 unspecified atom stereocenters. The first-order chi connectivity index (χ1) is 21.7. The molecule has 45 heavy (non-hydrogen) atoms. The minimum atomic E-state index is -0.723. The summed E-state index contributed by atoms with van der Waals surface area (Å²) >= 11 is 13.5. The van der Waals surface area contributed by atoms with Crippen LogP contribution in [0.2, 0.25) is 10.0 Å². The lowest BCUT2D eigenvalue weighted by atomic mass is 9.96. The fraction of sp³-hybridized carbons (Fsp3) is 0.229. The van der Waals surface area contributed by atoms with E-state index in [0.29, 0.717) is 61.8 Å². The van der Waals surface area contributed by atoms with Gasteiger partial charge in [-0.05, 0) is 86.4 Å². The molecular formula is C35H32Cl2N2O5S. The number of thiazole rings is 1. The van der Waals surface area contributed by atoms with E-state index in [2.05, 4.69) is 11.6 Å². The summed E-state index contributed by atoms with van der Waals surface area (Å²) in [7, 11) is 0. The third-order valence-corrected chi connectivity index (χ3v) is 8.60. The van der Waals surface area contributed by atoms with E-state index in [-0.39, 0.29) is 12.2 Å². The number of carbonyl (C=O) groups is 1. The Bertz CT molecular complexity index is 1940. The highest BCUT2D eigenvalue weighted by molar-refractivity contribution is 7.07. The number of rotatable bonds is 11. The Morgan fingerprint density at radius 2 is 1.71 bits per heavy atom. The molecule has 1 aromatic heterocycles. The monoisotopic (exact) mass is 662 g/mol. The Morgan fingerprint density at radius 1 is 1.02 bits per heavy atom. The van der Waals surface area contributed by atoms with Crippen molar-refractivity contribution in [3.05, 3.63) is 137 Å². The standard InChI is InChI=1S/C35H32Cl2N2O5S/c1-5-8-25-17-23(18-28(42-6-2)32(25)44-20-22-9-13-26(36)14-10-22)19-29-33(40)39-31(24-11-15-27(37)16-12-24)30(34(41)43-7-3)21(4)38-35(39)45-29/h5,9-19,31H,1,6-8,20H2,2-4H3/b29-19+/t31-/m1/s1. The second-order valence-electron chi connectivity index (χ2n) is 10.2. The van der Waals surface area contributed by atoms with Gasteiger partial charge in [-0.1, -0.05) is 64.9 Å². The van der Waals surface area contributed by atoms with Crippen LogP contribution in [0, 0.1) is 0 Å². The Hall–Kier alpha value is -4.11. The molecule has 1 atom stereocenters. The molecule has 10 heteroatoms. The van der Waals surface area contributed by atoms with Crippen molar-refractivity contribution in [3.63, 3.8) is 0 Å². The summed E-state index contributed by atoms with van der Waals surface area (Å²) in [6.45, 7) is 10.3. The van der Waals surface area contributed by atoms with Gasteiger partial charge in [0.25, 0.3) is 5.56 Å². The van der Waals surface area contributed by atoms with E-state index in [0.717, 1.165) is 22.3 Å². The quantitative estimate of drug-likeness (QED) is 0.130. The zero-order valence-corrected chi connectivity index (χ0v) is 27.5. The number of benzene rings is 3. The molecule has 5 rings (SSSR count). The van der Waals surface area contributed by atoms with Crippen molar-refractivity contribution >= 4 is 46.6 Å². The molecule has 0 saturated carbocycles. The van der Waals surface area contributed by atoms with Crippen molar-refractivity contribution in [1.82, 2.24) is 4.57 Å². The van der Waals surface area contributed by atoms with Crippen LogP contribution in [0.1, 0.15) is 49.1 Å². The number of ether oxygens (including phenoxy) is 3. The van der Waals surface area contributed by atoms with Crippen molar-refractivity contribution < 1.29 is 19.0 Å². The molecule has 3 aromatic carbocycles. The number of allylic oxidation sites excluding steroid dienone is 2. The summed E-state index contributed by atoms with van der Waals surface area (Å²) in [5.41, 5.74) is 3.83. The van der Waals surface area contributed by atoms with Gasteiger partial charge in [-0.2, -0.15) is 0 Å². The lowest BCUT2D eigenvalue weighted by Crippen LogP contribution is -2.39. The molecule has 1 aliphatic heterocycles. The van der Waals surface area contributed by atoms with Gasteiger partial charge in [-0.15, -0.1) is 6.58 Å². The zero-order chi connectivity index (χ0) is 32.1. The van der Waals surface area contributed by atoms with Gasteiger partial charge in [-0.3, -0.25) is 9.36 Å². The fourth-order valence-electron chi connectivity index (χ4n) is 5.14. The molecule has 232 valence electrons. The van der Waals surface area contributed by atoms with Crippen molar-refractivity contribution in [3.8, 4) is 11.5 Å². The maximum Gasteiger partial charge on any atom is 0.338 e. The van der Waals surface area contributed by atoms with Crippen LogP contribution in [0.3, 0.4) is 0 Å². The summed E-state index contributed by atoms with van der Waals surface area (Å²) in [4.78, 5) is 32.4. The number of halogens is 2. The van der Waals surface area contributed by atoms with Crippen LogP contribution in [0.15, 0.2) is 94.4 Å². The third kappa shape index (κ3) is 7.09. The average Bonchev–Trinajstić information content (AvgIpc) is 3.31. The summed E-state index contributed by atoms with van der Waals surface area (Å²) in [6.07, 6.45) is 4.13. The number of nitrogens with zero attached hydrogens (tertiary/aromatic N) is 2. The van der Waals surface area contributed by atoms with Crippen LogP contribution >= 0.6 is 34.5 Å². The Labute approximate surface area is 275 Å². The molecule has 0 radical (unpaired) electrons. The second-order valence-corrected chi connectivity index (χ2v) is 12.1. The van der Waals surface area contributed by atoms with E-state index in [1.165, 1.54) is 11.3 Å². The van der Waals surface area contributed by atoms with E-state index in [1.807, 2.05) is 49.4 Å². The molecule has 0 saturated heterocycles. The van der Waals surface area contributed by atoms with Gasteiger partial charge in [0.15, 0.2) is 16.3 Å². The third-order valence-electron chi connectivity index (χ3n) is 7.12. The Balaban J connectivity index is 1.62. The van der Waals surface area contributed by atoms with Gasteiger partial charge in [-0.25, -0.2) is 9.79 Å². The van der Waals surface area contributed by atoms with E-state index in [9.17, 15) is 9.59 Å². The zero-order valence-electron chi connectivity index (χ0n) is 25.1. The highest BCUT2D eigenvalue weighted by atomic mass is 35.5. The van der Waals surface area contributed by atoms with Crippen LogP contribution in [0.25, 0.3) is 6.08 Å². The molecule has 0 amide bonds. The topological polar surface area (TPSA) is 79.1 Å². The second kappa shape index (κ2) is 14.3.